The first-order valence-electron chi connectivity index (χ1n) is 6.89. The zero-order valence-corrected chi connectivity index (χ0v) is 15.0. The van der Waals surface area contributed by atoms with Gasteiger partial charge in [0.1, 0.15) is 0 Å². The summed E-state index contributed by atoms with van der Waals surface area (Å²) in [5, 5.41) is 11.2. The number of nitrogens with two attached hydrogens (primary N) is 1. The highest BCUT2D eigenvalue weighted by atomic mass is 35.5. The lowest BCUT2D eigenvalue weighted by Crippen LogP contribution is -2.18. The van der Waals surface area contributed by atoms with Gasteiger partial charge in [-0.1, -0.05) is 11.6 Å². The summed E-state index contributed by atoms with van der Waals surface area (Å²) in [6.07, 6.45) is 1.98. The summed E-state index contributed by atoms with van der Waals surface area (Å²) < 4.78 is 0.912. The fourth-order valence-electron chi connectivity index (χ4n) is 2.54. The lowest BCUT2D eigenvalue weighted by Gasteiger charge is -2.00. The van der Waals surface area contributed by atoms with Gasteiger partial charge < -0.3 is 10.8 Å². The molecule has 0 aliphatic heterocycles. The van der Waals surface area contributed by atoms with Crippen LogP contribution in [-0.4, -0.2) is 27.7 Å². The van der Waals surface area contributed by atoms with Gasteiger partial charge in [0.2, 0.25) is 11.7 Å². The van der Waals surface area contributed by atoms with Crippen molar-refractivity contribution in [2.45, 2.75) is 5.75 Å². The molecule has 0 saturated carbocycles. The van der Waals surface area contributed by atoms with Crippen molar-refractivity contribution in [3.05, 3.63) is 50.7 Å². The highest BCUT2D eigenvalue weighted by Crippen LogP contribution is 2.35. The van der Waals surface area contributed by atoms with Crippen LogP contribution < -0.4 is 5.73 Å². The SMILES string of the molecule is CSCc1ccc(C(=O)c2c(O)n(C(N)=O)c3ccc(Cl)cc23)s1. The molecule has 3 N–H and O–H groups in total. The molecule has 2 aromatic heterocycles. The summed E-state index contributed by atoms with van der Waals surface area (Å²) in [6, 6.07) is 7.39. The smallest absolute Gasteiger partial charge is 0.326 e. The van der Waals surface area contributed by atoms with E-state index in [4.69, 9.17) is 17.3 Å². The lowest BCUT2D eigenvalue weighted by atomic mass is 10.1. The van der Waals surface area contributed by atoms with Crippen molar-refractivity contribution in [1.82, 2.24) is 4.57 Å². The van der Waals surface area contributed by atoms with Crippen molar-refractivity contribution in [2.75, 3.05) is 6.26 Å². The Hall–Kier alpha value is -1.96. The van der Waals surface area contributed by atoms with Crippen LogP contribution >= 0.6 is 34.7 Å². The number of hydrogen-bond acceptors (Lipinski definition) is 5. The standard InChI is InChI=1S/C16H13ClN2O3S2/c1-23-7-9-3-5-12(24-9)14(20)13-10-6-8(17)2-4-11(10)19(15(13)21)16(18)22/h2-6,21H,7H2,1H3,(H2,18,22). The van der Waals surface area contributed by atoms with Gasteiger partial charge in [0.25, 0.3) is 0 Å². The minimum Gasteiger partial charge on any atom is -0.494 e. The van der Waals surface area contributed by atoms with Crippen molar-refractivity contribution in [3.8, 4) is 5.88 Å². The van der Waals surface area contributed by atoms with Gasteiger partial charge in [-0.15, -0.1) is 11.3 Å². The first kappa shape index (κ1) is 16.9. The van der Waals surface area contributed by atoms with Gasteiger partial charge >= 0.3 is 6.03 Å². The molecule has 1 aromatic carbocycles. The van der Waals surface area contributed by atoms with E-state index in [1.165, 1.54) is 11.3 Å². The van der Waals surface area contributed by atoms with Crippen LogP contribution in [0.5, 0.6) is 5.88 Å². The molecule has 24 heavy (non-hydrogen) atoms. The van der Waals surface area contributed by atoms with Crippen LogP contribution in [0.15, 0.2) is 30.3 Å². The zero-order chi connectivity index (χ0) is 17.4. The highest BCUT2D eigenvalue weighted by molar-refractivity contribution is 7.97. The number of hydrogen-bond donors (Lipinski definition) is 2. The number of fused-ring (bicyclic) bond motifs is 1. The number of rotatable bonds is 4. The van der Waals surface area contributed by atoms with Crippen molar-refractivity contribution >= 4 is 57.4 Å². The average Bonchev–Trinajstić information content (AvgIpc) is 3.08. The third-order valence-corrected chi connectivity index (χ3v) is 5.63. The normalized spacial score (nSPS) is 11.1. The molecule has 2 heterocycles. The quantitative estimate of drug-likeness (QED) is 0.668. The zero-order valence-electron chi connectivity index (χ0n) is 12.6. The minimum atomic E-state index is -0.867. The molecule has 8 heteroatoms. The van der Waals surface area contributed by atoms with Crippen LogP contribution in [0.4, 0.5) is 4.79 Å². The molecule has 0 bridgehead atoms. The first-order valence-corrected chi connectivity index (χ1v) is 9.48. The maximum atomic E-state index is 12.9. The maximum absolute atomic E-state index is 12.9. The Morgan fingerprint density at radius 2 is 2.08 bits per heavy atom. The van der Waals surface area contributed by atoms with Gasteiger partial charge in [-0.3, -0.25) is 4.79 Å². The Morgan fingerprint density at radius 3 is 2.75 bits per heavy atom. The third kappa shape index (κ3) is 2.79. The van der Waals surface area contributed by atoms with Gasteiger partial charge in [-0.05, 0) is 36.6 Å². The molecule has 0 aliphatic carbocycles. The Morgan fingerprint density at radius 1 is 1.33 bits per heavy atom. The van der Waals surface area contributed by atoms with Crippen molar-refractivity contribution in [1.29, 1.82) is 0 Å². The van der Waals surface area contributed by atoms with E-state index in [9.17, 15) is 14.7 Å². The number of carbonyl (C=O) groups excluding carboxylic acids is 2. The largest absolute Gasteiger partial charge is 0.494 e. The number of thiophene rings is 1. The van der Waals surface area contributed by atoms with Crippen LogP contribution in [-0.2, 0) is 5.75 Å². The number of primary amides is 1. The molecule has 0 unspecified atom stereocenters. The second kappa shape index (κ2) is 6.51. The van der Waals surface area contributed by atoms with Crippen LogP contribution in [0, 0.1) is 0 Å². The molecule has 1 amide bonds. The Bertz CT molecular complexity index is 962. The van der Waals surface area contributed by atoms with E-state index in [0.717, 1.165) is 15.2 Å². The van der Waals surface area contributed by atoms with Crippen LogP contribution in [0.25, 0.3) is 10.9 Å². The predicted molar refractivity (Wildman–Crippen MR) is 98.6 cm³/mol. The summed E-state index contributed by atoms with van der Waals surface area (Å²) in [4.78, 5) is 26.1. The molecule has 0 atom stereocenters. The number of carbonyl (C=O) groups is 2. The molecule has 0 fully saturated rings. The molecular weight excluding hydrogens is 368 g/mol. The number of ketones is 1. The monoisotopic (exact) mass is 380 g/mol. The number of benzene rings is 1. The first-order chi connectivity index (χ1) is 11.4. The van der Waals surface area contributed by atoms with Crippen molar-refractivity contribution in [3.63, 3.8) is 0 Å². The second-order valence-electron chi connectivity index (χ2n) is 5.06. The molecule has 124 valence electrons. The lowest BCUT2D eigenvalue weighted by molar-refractivity contribution is 0.104. The van der Waals surface area contributed by atoms with Crippen molar-refractivity contribution in [2.24, 2.45) is 5.73 Å². The summed E-state index contributed by atoms with van der Waals surface area (Å²) >= 11 is 9.03. The van der Waals surface area contributed by atoms with E-state index in [-0.39, 0.29) is 11.3 Å². The molecule has 5 nitrogen and oxygen atoms in total. The number of nitrogens with zero attached hydrogens (tertiary/aromatic N) is 1. The number of halogens is 1. The van der Waals surface area contributed by atoms with Crippen LogP contribution in [0.2, 0.25) is 5.02 Å². The molecule has 0 spiro atoms. The van der Waals surface area contributed by atoms with E-state index in [2.05, 4.69) is 0 Å². The van der Waals surface area contributed by atoms with E-state index in [1.807, 2.05) is 12.3 Å². The van der Waals surface area contributed by atoms with E-state index in [1.54, 1.807) is 36.0 Å². The van der Waals surface area contributed by atoms with E-state index in [0.29, 0.717) is 20.8 Å². The van der Waals surface area contributed by atoms with E-state index >= 15 is 0 Å². The number of thioether (sulfide) groups is 1. The fourth-order valence-corrected chi connectivity index (χ4v) is 4.43. The van der Waals surface area contributed by atoms with Crippen LogP contribution in [0.1, 0.15) is 20.1 Å². The Balaban J connectivity index is 2.20. The summed E-state index contributed by atoms with van der Waals surface area (Å²) in [5.41, 5.74) is 5.71. The molecule has 0 saturated heterocycles. The summed E-state index contributed by atoms with van der Waals surface area (Å²) in [5.74, 6) is -0.0274. The topological polar surface area (TPSA) is 85.3 Å². The summed E-state index contributed by atoms with van der Waals surface area (Å²) in [7, 11) is 0. The van der Waals surface area contributed by atoms with Gasteiger partial charge in [0.05, 0.1) is 16.0 Å². The molecule has 0 radical (unpaired) electrons. The Labute approximate surface area is 151 Å². The van der Waals surface area contributed by atoms with Gasteiger partial charge in [-0.2, -0.15) is 11.8 Å². The van der Waals surface area contributed by atoms with Gasteiger partial charge in [0.15, 0.2) is 0 Å². The minimum absolute atomic E-state index is 0.0313. The van der Waals surface area contributed by atoms with Crippen LogP contribution in [0.3, 0.4) is 0 Å². The van der Waals surface area contributed by atoms with Gasteiger partial charge in [0, 0.05) is 21.0 Å². The maximum Gasteiger partial charge on any atom is 0.326 e. The van der Waals surface area contributed by atoms with E-state index < -0.39 is 11.9 Å². The number of aromatic hydroxyl groups is 1. The fraction of sp³-hybridized carbons (Fsp3) is 0.125. The van der Waals surface area contributed by atoms with Crippen molar-refractivity contribution < 1.29 is 14.7 Å². The van der Waals surface area contributed by atoms with Gasteiger partial charge in [-0.25, -0.2) is 9.36 Å². The number of aromatic nitrogens is 1. The molecule has 0 aliphatic rings. The highest BCUT2D eigenvalue weighted by Gasteiger charge is 2.26. The number of amides is 1. The molecule has 3 aromatic rings. The average molecular weight is 381 g/mol. The third-order valence-electron chi connectivity index (χ3n) is 3.52. The predicted octanol–water partition coefficient (Wildman–Crippen LogP) is 4.08. The Kier molecular flexibility index (Phi) is 4.58. The summed E-state index contributed by atoms with van der Waals surface area (Å²) in [6.45, 7) is 0. The molecule has 3 rings (SSSR count). The molecular formula is C16H13ClN2O3S2. The second-order valence-corrected chi connectivity index (χ2v) is 7.53.